The van der Waals surface area contributed by atoms with E-state index in [1.54, 1.807) is 0 Å². The van der Waals surface area contributed by atoms with Crippen LogP contribution in [0.2, 0.25) is 0 Å². The molecule has 7 aromatic carbocycles. The van der Waals surface area contributed by atoms with Crippen molar-refractivity contribution in [3.8, 4) is 45.3 Å². The predicted octanol–water partition coefficient (Wildman–Crippen LogP) is 10.7. The number of rotatable bonds is 4. The molecule has 0 N–H and O–H groups in total. The Hall–Kier alpha value is -6.13. The van der Waals surface area contributed by atoms with Gasteiger partial charge in [0, 0.05) is 27.5 Å². The molecule has 9 aromatic rings. The van der Waals surface area contributed by atoms with Crippen LogP contribution in [0.1, 0.15) is 0 Å². The van der Waals surface area contributed by atoms with Crippen LogP contribution in [0, 0.1) is 0 Å². The maximum atomic E-state index is 6.45. The molecule has 0 radical (unpaired) electrons. The van der Waals surface area contributed by atoms with Gasteiger partial charge in [0.15, 0.2) is 17.5 Å². The molecule has 2 heterocycles. The quantitative estimate of drug-likeness (QED) is 0.209. The van der Waals surface area contributed by atoms with Crippen molar-refractivity contribution in [3.05, 3.63) is 152 Å². The zero-order valence-electron chi connectivity index (χ0n) is 24.2. The summed E-state index contributed by atoms with van der Waals surface area (Å²) < 4.78 is 6.45. The van der Waals surface area contributed by atoms with Crippen molar-refractivity contribution < 1.29 is 4.42 Å². The van der Waals surface area contributed by atoms with Crippen LogP contribution < -0.4 is 0 Å². The molecule has 0 atom stereocenters. The van der Waals surface area contributed by atoms with Crippen LogP contribution in [0.25, 0.3) is 88.8 Å². The Balaban J connectivity index is 1.17. The first kappa shape index (κ1) is 25.4. The van der Waals surface area contributed by atoms with Crippen molar-refractivity contribution in [2.24, 2.45) is 0 Å². The van der Waals surface area contributed by atoms with Crippen LogP contribution in [0.4, 0.5) is 0 Å². The van der Waals surface area contributed by atoms with Crippen LogP contribution in [0.15, 0.2) is 156 Å². The summed E-state index contributed by atoms with van der Waals surface area (Å²) >= 11 is 0. The molecule has 4 nitrogen and oxygen atoms in total. The first-order valence-electron chi connectivity index (χ1n) is 15.0. The molecule has 9 rings (SSSR count). The van der Waals surface area contributed by atoms with Gasteiger partial charge in [-0.3, -0.25) is 0 Å². The van der Waals surface area contributed by atoms with Gasteiger partial charge in [-0.25, -0.2) is 15.0 Å². The molecule has 0 aliphatic rings. The first-order chi connectivity index (χ1) is 22.3. The summed E-state index contributed by atoms with van der Waals surface area (Å²) in [4.78, 5) is 14.6. The zero-order chi connectivity index (χ0) is 29.7. The number of hydrogen-bond donors (Lipinski definition) is 0. The average molecular weight is 576 g/mol. The number of benzene rings is 7. The van der Waals surface area contributed by atoms with Crippen LogP contribution in [0.5, 0.6) is 0 Å². The Morgan fingerprint density at radius 2 is 0.956 bits per heavy atom. The number of furan rings is 1. The maximum absolute atomic E-state index is 6.45. The number of aromatic nitrogens is 3. The second-order valence-corrected chi connectivity index (χ2v) is 11.3. The van der Waals surface area contributed by atoms with E-state index in [0.717, 1.165) is 44.0 Å². The minimum Gasteiger partial charge on any atom is -0.456 e. The fourth-order valence-corrected chi connectivity index (χ4v) is 6.24. The van der Waals surface area contributed by atoms with Crippen LogP contribution in [-0.2, 0) is 0 Å². The lowest BCUT2D eigenvalue weighted by molar-refractivity contribution is 0.669. The van der Waals surface area contributed by atoms with Gasteiger partial charge in [0.1, 0.15) is 11.2 Å². The molecule has 0 amide bonds. The lowest BCUT2D eigenvalue weighted by atomic mass is 9.95. The lowest BCUT2D eigenvalue weighted by Crippen LogP contribution is -2.00. The Kier molecular flexibility index (Phi) is 5.78. The van der Waals surface area contributed by atoms with E-state index in [4.69, 9.17) is 19.4 Å². The molecule has 0 aliphatic carbocycles. The highest BCUT2D eigenvalue weighted by Crippen LogP contribution is 2.37. The Morgan fingerprint density at radius 1 is 0.333 bits per heavy atom. The third kappa shape index (κ3) is 4.43. The molecule has 45 heavy (non-hydrogen) atoms. The van der Waals surface area contributed by atoms with E-state index in [9.17, 15) is 0 Å². The second-order valence-electron chi connectivity index (χ2n) is 11.3. The summed E-state index contributed by atoms with van der Waals surface area (Å²) in [5, 5.41) is 6.97. The minimum absolute atomic E-state index is 0.606. The summed E-state index contributed by atoms with van der Waals surface area (Å²) in [5.74, 6) is 1.88. The minimum atomic E-state index is 0.606. The van der Waals surface area contributed by atoms with Crippen molar-refractivity contribution in [1.82, 2.24) is 15.0 Å². The molecule has 0 saturated heterocycles. The van der Waals surface area contributed by atoms with Crippen molar-refractivity contribution in [1.29, 1.82) is 0 Å². The Bertz CT molecular complexity index is 2470. The molecule has 0 saturated carbocycles. The van der Waals surface area contributed by atoms with Crippen molar-refractivity contribution in [3.63, 3.8) is 0 Å². The molecule has 0 fully saturated rings. The third-order valence-electron chi connectivity index (χ3n) is 8.49. The summed E-state index contributed by atoms with van der Waals surface area (Å²) in [7, 11) is 0. The summed E-state index contributed by atoms with van der Waals surface area (Å²) in [6.07, 6.45) is 0. The van der Waals surface area contributed by atoms with Gasteiger partial charge in [-0.15, -0.1) is 0 Å². The van der Waals surface area contributed by atoms with Crippen molar-refractivity contribution in [2.45, 2.75) is 0 Å². The normalized spacial score (nSPS) is 11.6. The highest BCUT2D eigenvalue weighted by molar-refractivity contribution is 6.11. The van der Waals surface area contributed by atoms with Gasteiger partial charge >= 0.3 is 0 Å². The molecule has 4 heteroatoms. The van der Waals surface area contributed by atoms with E-state index in [1.807, 2.05) is 66.7 Å². The predicted molar refractivity (Wildman–Crippen MR) is 184 cm³/mol. The first-order valence-corrected chi connectivity index (χ1v) is 15.0. The topological polar surface area (TPSA) is 51.8 Å². The molecule has 0 unspecified atom stereocenters. The Labute approximate surface area is 259 Å². The highest BCUT2D eigenvalue weighted by atomic mass is 16.3. The molecular weight excluding hydrogens is 550 g/mol. The fraction of sp³-hybridized carbons (Fsp3) is 0. The molecule has 0 aliphatic heterocycles. The van der Waals surface area contributed by atoms with Gasteiger partial charge in [-0.1, -0.05) is 121 Å². The van der Waals surface area contributed by atoms with Crippen LogP contribution in [0.3, 0.4) is 0 Å². The largest absolute Gasteiger partial charge is 0.456 e. The van der Waals surface area contributed by atoms with E-state index in [-0.39, 0.29) is 0 Å². The number of hydrogen-bond acceptors (Lipinski definition) is 4. The van der Waals surface area contributed by atoms with E-state index >= 15 is 0 Å². The molecular formula is C41H25N3O. The Morgan fingerprint density at radius 3 is 1.71 bits per heavy atom. The van der Waals surface area contributed by atoms with Gasteiger partial charge < -0.3 is 4.42 Å². The zero-order valence-corrected chi connectivity index (χ0v) is 24.2. The third-order valence-corrected chi connectivity index (χ3v) is 8.49. The van der Waals surface area contributed by atoms with E-state index in [1.165, 1.54) is 27.3 Å². The summed E-state index contributed by atoms with van der Waals surface area (Å²) in [6.45, 7) is 0. The fourth-order valence-electron chi connectivity index (χ4n) is 6.24. The number of nitrogens with zero attached hydrogens (tertiary/aromatic N) is 3. The molecule has 0 bridgehead atoms. The molecule has 0 spiro atoms. The monoisotopic (exact) mass is 575 g/mol. The second kappa shape index (κ2) is 10.2. The molecule has 210 valence electrons. The molecule has 2 aromatic heterocycles. The summed E-state index contributed by atoms with van der Waals surface area (Å²) in [6, 6.07) is 52.4. The van der Waals surface area contributed by atoms with Crippen LogP contribution in [-0.4, -0.2) is 15.0 Å². The van der Waals surface area contributed by atoms with Crippen LogP contribution >= 0.6 is 0 Å². The van der Waals surface area contributed by atoms with Gasteiger partial charge in [-0.05, 0) is 63.0 Å². The smallest absolute Gasteiger partial charge is 0.164 e. The van der Waals surface area contributed by atoms with Gasteiger partial charge in [-0.2, -0.15) is 0 Å². The standard InChI is InChI=1S/C41H25N3O/c1-3-11-27(12-4-1)39-42-40(28-13-5-2-6-14-28)44-41(43-39)31-20-21-35-36-23-32-22-30(19-18-29(32)24-38(36)45-37(35)25-31)34-17-9-15-26-10-7-8-16-33(26)34/h1-25H. The van der Waals surface area contributed by atoms with Crippen molar-refractivity contribution in [2.75, 3.05) is 0 Å². The van der Waals surface area contributed by atoms with E-state index < -0.39 is 0 Å². The van der Waals surface area contributed by atoms with Gasteiger partial charge in [0.2, 0.25) is 0 Å². The van der Waals surface area contributed by atoms with E-state index in [2.05, 4.69) is 84.9 Å². The highest BCUT2D eigenvalue weighted by Gasteiger charge is 2.15. The van der Waals surface area contributed by atoms with Crippen molar-refractivity contribution >= 4 is 43.5 Å². The number of fused-ring (bicyclic) bond motifs is 5. The summed E-state index contributed by atoms with van der Waals surface area (Å²) in [5.41, 5.74) is 6.86. The van der Waals surface area contributed by atoms with Gasteiger partial charge in [0.05, 0.1) is 0 Å². The van der Waals surface area contributed by atoms with E-state index in [0.29, 0.717) is 17.5 Å². The maximum Gasteiger partial charge on any atom is 0.164 e. The SMILES string of the molecule is c1ccc(-c2nc(-c3ccccc3)nc(-c3ccc4c(c3)oc3cc5ccc(-c6cccc7ccccc67)cc5cc34)n2)cc1. The van der Waals surface area contributed by atoms with Gasteiger partial charge in [0.25, 0.3) is 0 Å². The lowest BCUT2D eigenvalue weighted by Gasteiger charge is -2.08. The average Bonchev–Trinajstić information content (AvgIpc) is 3.47.